The summed E-state index contributed by atoms with van der Waals surface area (Å²) >= 11 is 0. The lowest BCUT2D eigenvalue weighted by Crippen LogP contribution is -2.21. The van der Waals surface area contributed by atoms with E-state index in [0.717, 1.165) is 13.0 Å². The third-order valence-corrected chi connectivity index (χ3v) is 1.73. The van der Waals surface area contributed by atoms with Crippen LogP contribution < -0.4 is 10.6 Å². The number of dihydropyridines is 1. The maximum absolute atomic E-state index is 4.13. The Balaban J connectivity index is 2.25. The first kappa shape index (κ1) is 5.59. The Morgan fingerprint density at radius 1 is 1.50 bits per heavy atom. The van der Waals surface area contributed by atoms with Gasteiger partial charge in [-0.1, -0.05) is 6.08 Å². The topological polar surface area (TPSA) is 26.1 Å². The molecule has 0 saturated heterocycles. The molecule has 0 atom stereocenters. The minimum absolute atomic E-state index is 0.816. The van der Waals surface area contributed by atoms with Crippen molar-refractivity contribution in [2.45, 2.75) is 6.42 Å². The van der Waals surface area contributed by atoms with Crippen molar-refractivity contribution >= 4 is 0 Å². The van der Waals surface area contributed by atoms with Crippen LogP contribution in [0.1, 0.15) is 6.42 Å². The Labute approximate surface area is 60.3 Å². The maximum Gasteiger partial charge on any atom is 0.0792 e. The predicted molar refractivity (Wildman–Crippen MR) is 40.1 cm³/mol. The number of nitrogens with zero attached hydrogens (tertiary/aromatic N) is 1. The number of allylic oxidation sites excluding steroid dienone is 3. The van der Waals surface area contributed by atoms with E-state index in [0.29, 0.717) is 0 Å². The Morgan fingerprint density at radius 3 is 3.40 bits per heavy atom. The maximum atomic E-state index is 4.13. The molecule has 2 aliphatic heterocycles. The van der Waals surface area contributed by atoms with E-state index in [1.54, 1.807) is 0 Å². The fraction of sp³-hybridized carbons (Fsp3) is 0.250. The minimum Gasteiger partial charge on any atom is -0.364 e. The second-order valence-corrected chi connectivity index (χ2v) is 2.41. The van der Waals surface area contributed by atoms with Gasteiger partial charge in [0.1, 0.15) is 0 Å². The quantitative estimate of drug-likeness (QED) is 0.521. The molecule has 2 heterocycles. The first-order valence-electron chi connectivity index (χ1n) is 3.43. The molecule has 1 radical (unpaired) electrons. The van der Waals surface area contributed by atoms with E-state index in [-0.39, 0.29) is 0 Å². The summed E-state index contributed by atoms with van der Waals surface area (Å²) in [6, 6.07) is 0. The van der Waals surface area contributed by atoms with Gasteiger partial charge in [0.15, 0.2) is 0 Å². The van der Waals surface area contributed by atoms with Crippen LogP contribution in [-0.2, 0) is 0 Å². The lowest BCUT2D eigenvalue weighted by atomic mass is 10.1. The fourth-order valence-corrected chi connectivity index (χ4v) is 1.16. The Hall–Kier alpha value is -1.18. The Kier molecular flexibility index (Phi) is 1.24. The van der Waals surface area contributed by atoms with E-state index < -0.39 is 0 Å². The highest BCUT2D eigenvalue weighted by Crippen LogP contribution is 2.15. The molecule has 2 heteroatoms. The smallest absolute Gasteiger partial charge is 0.0792 e. The average Bonchev–Trinajstić information content (AvgIpc) is 2.05. The van der Waals surface area contributed by atoms with Crippen LogP contribution >= 0.6 is 0 Å². The number of hydrogen-bond donors (Lipinski definition) is 1. The molecule has 0 aromatic rings. The van der Waals surface area contributed by atoms with Gasteiger partial charge in [-0.15, -0.1) is 0 Å². The van der Waals surface area contributed by atoms with Gasteiger partial charge in [-0.2, -0.15) is 0 Å². The van der Waals surface area contributed by atoms with Gasteiger partial charge in [0.2, 0.25) is 0 Å². The number of rotatable bonds is 0. The fourth-order valence-electron chi connectivity index (χ4n) is 1.16. The molecule has 0 saturated carbocycles. The van der Waals surface area contributed by atoms with Gasteiger partial charge in [-0.25, -0.2) is 0 Å². The van der Waals surface area contributed by atoms with Crippen LogP contribution in [0.4, 0.5) is 0 Å². The van der Waals surface area contributed by atoms with E-state index >= 15 is 0 Å². The molecule has 1 N–H and O–H groups in total. The highest BCUT2D eigenvalue weighted by Gasteiger charge is 2.08. The molecule has 0 aliphatic carbocycles. The Bertz CT molecular complexity index is 223. The standard InChI is InChI=1S/C8H9N2/c1-2-7-3-5-9-6-8(7)10-4-1/h1,3-5,10H,2,6H2. The summed E-state index contributed by atoms with van der Waals surface area (Å²) in [5.41, 5.74) is 2.63. The zero-order valence-corrected chi connectivity index (χ0v) is 5.67. The summed E-state index contributed by atoms with van der Waals surface area (Å²) in [6.07, 6.45) is 9.09. The van der Waals surface area contributed by atoms with Crippen molar-refractivity contribution in [3.63, 3.8) is 0 Å². The molecule has 0 aromatic heterocycles. The van der Waals surface area contributed by atoms with Gasteiger partial charge in [-0.05, 0) is 24.3 Å². The number of nitrogens with one attached hydrogen (secondary N) is 1. The van der Waals surface area contributed by atoms with Gasteiger partial charge < -0.3 is 5.32 Å². The van der Waals surface area contributed by atoms with Crippen molar-refractivity contribution in [1.29, 1.82) is 0 Å². The molecule has 2 aliphatic rings. The first-order valence-corrected chi connectivity index (χ1v) is 3.43. The van der Waals surface area contributed by atoms with Gasteiger partial charge in [0.05, 0.1) is 6.54 Å². The molecule has 0 unspecified atom stereocenters. The summed E-state index contributed by atoms with van der Waals surface area (Å²) in [6.45, 7) is 0.816. The van der Waals surface area contributed by atoms with Crippen molar-refractivity contribution < 1.29 is 0 Å². The summed E-state index contributed by atoms with van der Waals surface area (Å²) in [5.74, 6) is 0. The van der Waals surface area contributed by atoms with E-state index in [9.17, 15) is 0 Å². The van der Waals surface area contributed by atoms with Crippen LogP contribution in [-0.4, -0.2) is 6.54 Å². The van der Waals surface area contributed by atoms with E-state index in [1.165, 1.54) is 11.3 Å². The van der Waals surface area contributed by atoms with Crippen LogP contribution in [0.2, 0.25) is 0 Å². The zero-order valence-electron chi connectivity index (χ0n) is 5.67. The highest BCUT2D eigenvalue weighted by molar-refractivity contribution is 5.33. The monoisotopic (exact) mass is 133 g/mol. The van der Waals surface area contributed by atoms with Gasteiger partial charge >= 0.3 is 0 Å². The summed E-state index contributed by atoms with van der Waals surface area (Å²) < 4.78 is 0. The molecule has 2 rings (SSSR count). The highest BCUT2D eigenvalue weighted by atomic mass is 15.0. The molecule has 10 heavy (non-hydrogen) atoms. The molecule has 0 bridgehead atoms. The molecular formula is C8H9N2. The van der Waals surface area contributed by atoms with Crippen LogP contribution in [0.5, 0.6) is 0 Å². The average molecular weight is 133 g/mol. The predicted octanol–water partition coefficient (Wildman–Crippen LogP) is 0.879. The van der Waals surface area contributed by atoms with Crippen molar-refractivity contribution in [3.8, 4) is 0 Å². The van der Waals surface area contributed by atoms with Gasteiger partial charge in [0, 0.05) is 11.9 Å². The second-order valence-electron chi connectivity index (χ2n) is 2.41. The van der Waals surface area contributed by atoms with E-state index in [1.807, 2.05) is 12.4 Å². The lowest BCUT2D eigenvalue weighted by molar-refractivity contribution is 0.802. The minimum atomic E-state index is 0.816. The van der Waals surface area contributed by atoms with Crippen molar-refractivity contribution in [2.75, 3.05) is 6.54 Å². The third kappa shape index (κ3) is 0.817. The molecule has 0 amide bonds. The first-order chi connectivity index (χ1) is 4.97. The summed E-state index contributed by atoms with van der Waals surface area (Å²) in [7, 11) is 0. The molecule has 51 valence electrons. The van der Waals surface area contributed by atoms with Crippen molar-refractivity contribution in [2.24, 2.45) is 0 Å². The lowest BCUT2D eigenvalue weighted by Gasteiger charge is -2.17. The van der Waals surface area contributed by atoms with E-state index in [4.69, 9.17) is 0 Å². The molecule has 0 fully saturated rings. The second kappa shape index (κ2) is 2.21. The van der Waals surface area contributed by atoms with E-state index in [2.05, 4.69) is 22.8 Å². The van der Waals surface area contributed by atoms with Crippen LogP contribution in [0, 0.1) is 0 Å². The largest absolute Gasteiger partial charge is 0.364 e. The molecule has 2 nitrogen and oxygen atoms in total. The Morgan fingerprint density at radius 2 is 2.50 bits per heavy atom. The summed E-state index contributed by atoms with van der Waals surface area (Å²) in [5, 5.41) is 7.30. The van der Waals surface area contributed by atoms with Gasteiger partial charge in [0.25, 0.3) is 0 Å². The summed E-state index contributed by atoms with van der Waals surface area (Å²) in [4.78, 5) is 0. The zero-order chi connectivity index (χ0) is 6.81. The SMILES string of the molecule is C1=CNC2=C(C=C[N]C2)C1. The number of hydrogen-bond acceptors (Lipinski definition) is 1. The molecule has 0 aromatic carbocycles. The third-order valence-electron chi connectivity index (χ3n) is 1.73. The normalized spacial score (nSPS) is 21.6. The van der Waals surface area contributed by atoms with Crippen LogP contribution in [0.15, 0.2) is 35.8 Å². The van der Waals surface area contributed by atoms with Gasteiger partial charge in [-0.3, -0.25) is 5.32 Å². The molecule has 0 spiro atoms. The van der Waals surface area contributed by atoms with Crippen LogP contribution in [0.3, 0.4) is 0 Å². The van der Waals surface area contributed by atoms with Crippen molar-refractivity contribution in [3.05, 3.63) is 35.8 Å². The van der Waals surface area contributed by atoms with Crippen LogP contribution in [0.25, 0.3) is 0 Å². The van der Waals surface area contributed by atoms with Crippen molar-refractivity contribution in [1.82, 2.24) is 10.6 Å². The molecular weight excluding hydrogens is 124 g/mol.